The zero-order valence-corrected chi connectivity index (χ0v) is 13.9. The summed E-state index contributed by atoms with van der Waals surface area (Å²) in [5.41, 5.74) is 1.25. The summed E-state index contributed by atoms with van der Waals surface area (Å²) in [4.78, 5) is 34.6. The van der Waals surface area contributed by atoms with E-state index in [-0.39, 0.29) is 39.8 Å². The van der Waals surface area contributed by atoms with Gasteiger partial charge in [0, 0.05) is 6.42 Å². The minimum Gasteiger partial charge on any atom is -0.684 e. The summed E-state index contributed by atoms with van der Waals surface area (Å²) < 4.78 is 0. The second-order valence-electron chi connectivity index (χ2n) is 4.33. The van der Waals surface area contributed by atoms with E-state index in [9.17, 15) is 14.4 Å². The van der Waals surface area contributed by atoms with Crippen LogP contribution in [0.1, 0.15) is 35.7 Å². The van der Waals surface area contributed by atoms with E-state index in [2.05, 4.69) is 16.7 Å². The van der Waals surface area contributed by atoms with E-state index in [1.54, 1.807) is 6.07 Å². The first-order valence-corrected chi connectivity index (χ1v) is 6.20. The second-order valence-corrected chi connectivity index (χ2v) is 4.33. The molecule has 1 N–H and O–H groups in total. The molecule has 1 atom stereocenters. The van der Waals surface area contributed by atoms with Gasteiger partial charge in [-0.15, -0.1) is 35.4 Å². The molecule has 0 bridgehead atoms. The minimum atomic E-state index is -0.775. The molecule has 5 nitrogen and oxygen atoms in total. The number of aryl methyl sites for hydroxylation is 1. The maximum Gasteiger partial charge on any atom is 2.00 e. The number of imide groups is 1. The molecule has 0 radical (unpaired) electrons. The fourth-order valence-corrected chi connectivity index (χ4v) is 1.98. The maximum atomic E-state index is 12.1. The van der Waals surface area contributed by atoms with E-state index in [0.717, 1.165) is 5.56 Å². The van der Waals surface area contributed by atoms with Crippen molar-refractivity contribution < 1.29 is 35.4 Å². The number of rotatable bonds is 3. The minimum absolute atomic E-state index is 0. The second kappa shape index (κ2) is 7.34. The van der Waals surface area contributed by atoms with Gasteiger partial charge in [-0.05, 0) is 18.4 Å². The molecule has 20 heavy (non-hydrogen) atoms. The Morgan fingerprint density at radius 3 is 2.90 bits per heavy atom. The van der Waals surface area contributed by atoms with Gasteiger partial charge in [0.25, 0.3) is 0 Å². The van der Waals surface area contributed by atoms with Gasteiger partial charge in [-0.3, -0.25) is 14.9 Å². The normalized spacial score (nSPS) is 17.9. The van der Waals surface area contributed by atoms with Gasteiger partial charge in [-0.2, -0.15) is 0 Å². The number of benzene rings is 1. The number of nitrogens with zero attached hydrogens (tertiary/aromatic N) is 1. The number of carbonyl (C=O) groups excluding carboxylic acids is 3. The van der Waals surface area contributed by atoms with Crippen molar-refractivity contribution in [3.8, 4) is 0 Å². The van der Waals surface area contributed by atoms with Crippen LogP contribution in [0.3, 0.4) is 0 Å². The quantitative estimate of drug-likeness (QED) is 0.568. The standard InChI is InChI=1S/C14H15N2O3.W/c1-2-9-5-3-4-6-10(9)13(18)15-11-7-8-12(17)16-14(11)19;/h3-5,11H,2,7-8H2,1H3,(H2,15,16,17,18,19);/q-1;+2/p-1. The molecule has 0 aliphatic carbocycles. The molecule has 6 heteroatoms. The first kappa shape index (κ1) is 16.6. The fourth-order valence-electron chi connectivity index (χ4n) is 1.98. The Morgan fingerprint density at radius 1 is 1.50 bits per heavy atom. The molecule has 2 rings (SSSR count). The Bertz CT molecular complexity index is 531. The van der Waals surface area contributed by atoms with E-state index in [0.29, 0.717) is 12.0 Å². The van der Waals surface area contributed by atoms with Gasteiger partial charge < -0.3 is 10.1 Å². The summed E-state index contributed by atoms with van der Waals surface area (Å²) >= 11 is 0. The summed E-state index contributed by atoms with van der Waals surface area (Å²) in [6.45, 7) is 1.94. The van der Waals surface area contributed by atoms with Gasteiger partial charge in [0.15, 0.2) is 0 Å². The Kier molecular flexibility index (Phi) is 6.08. The van der Waals surface area contributed by atoms with Gasteiger partial charge in [-0.25, -0.2) is 0 Å². The van der Waals surface area contributed by atoms with E-state index in [4.69, 9.17) is 0 Å². The van der Waals surface area contributed by atoms with Crippen LogP contribution in [0.15, 0.2) is 18.2 Å². The molecule has 3 amide bonds. The SMILES string of the molecule is CCc1ccc[c-]c1C(=O)[N-]C1CCC(=O)NC1=O.[W+2]. The zero-order valence-electron chi connectivity index (χ0n) is 11.0. The average Bonchev–Trinajstić information content (AvgIpc) is 2.41. The number of piperidine rings is 1. The number of hydrogen-bond donors (Lipinski definition) is 1. The van der Waals surface area contributed by atoms with E-state index < -0.39 is 17.9 Å². The molecule has 0 aromatic heterocycles. The van der Waals surface area contributed by atoms with Crippen LogP contribution in [0.2, 0.25) is 0 Å². The monoisotopic (exact) mass is 442 g/mol. The largest absolute Gasteiger partial charge is 2.00 e. The first-order chi connectivity index (χ1) is 9.11. The topological polar surface area (TPSA) is 77.3 Å². The van der Waals surface area contributed by atoms with Crippen molar-refractivity contribution in [2.75, 3.05) is 0 Å². The smallest absolute Gasteiger partial charge is 0.684 e. The molecule has 0 saturated carbocycles. The molecule has 1 saturated heterocycles. The molecule has 1 aliphatic heterocycles. The van der Waals surface area contributed by atoms with Gasteiger partial charge in [-0.1, -0.05) is 13.3 Å². The molecule has 1 unspecified atom stereocenters. The molecule has 1 aromatic carbocycles. The Hall–Kier alpha value is -1.48. The van der Waals surface area contributed by atoms with Crippen LogP contribution < -0.4 is 5.32 Å². The number of hydrogen-bond acceptors (Lipinski definition) is 3. The van der Waals surface area contributed by atoms with Crippen molar-refractivity contribution in [3.05, 3.63) is 40.7 Å². The molecule has 0 spiro atoms. The molecule has 104 valence electrons. The van der Waals surface area contributed by atoms with Crippen molar-refractivity contribution in [2.24, 2.45) is 0 Å². The summed E-state index contributed by atoms with van der Waals surface area (Å²) in [6.07, 6.45) is 1.19. The van der Waals surface area contributed by atoms with E-state index in [1.807, 2.05) is 19.1 Å². The Balaban J connectivity index is 0.00000200. The van der Waals surface area contributed by atoms with E-state index >= 15 is 0 Å². The van der Waals surface area contributed by atoms with Crippen LogP contribution in [0.5, 0.6) is 0 Å². The van der Waals surface area contributed by atoms with Gasteiger partial charge in [0.2, 0.25) is 11.8 Å². The molecule has 1 aliphatic rings. The zero-order chi connectivity index (χ0) is 13.8. The Labute approximate surface area is 131 Å². The molecule has 1 heterocycles. The van der Waals surface area contributed by atoms with Crippen molar-refractivity contribution in [3.63, 3.8) is 0 Å². The molecular formula is C14H14N2O3W. The molecule has 1 fully saturated rings. The third-order valence-electron chi connectivity index (χ3n) is 3.02. The average molecular weight is 442 g/mol. The van der Waals surface area contributed by atoms with Crippen LogP contribution in [-0.4, -0.2) is 23.8 Å². The molecular weight excluding hydrogens is 428 g/mol. The maximum absolute atomic E-state index is 12.1. The molecule has 1 aromatic rings. The van der Waals surface area contributed by atoms with Crippen molar-refractivity contribution in [1.82, 2.24) is 5.32 Å². The van der Waals surface area contributed by atoms with Crippen LogP contribution in [0, 0.1) is 6.07 Å². The van der Waals surface area contributed by atoms with Gasteiger partial charge in [0.1, 0.15) is 0 Å². The van der Waals surface area contributed by atoms with Crippen LogP contribution in [0.4, 0.5) is 0 Å². The van der Waals surface area contributed by atoms with Crippen molar-refractivity contribution in [1.29, 1.82) is 0 Å². The number of carbonyl (C=O) groups is 3. The summed E-state index contributed by atoms with van der Waals surface area (Å²) in [5, 5.41) is 6.08. The fraction of sp³-hybridized carbons (Fsp3) is 0.357. The number of amides is 3. The van der Waals surface area contributed by atoms with Gasteiger partial charge >= 0.3 is 21.1 Å². The van der Waals surface area contributed by atoms with Crippen molar-refractivity contribution in [2.45, 2.75) is 32.2 Å². The summed E-state index contributed by atoms with van der Waals surface area (Å²) in [7, 11) is 0. The van der Waals surface area contributed by atoms with Crippen LogP contribution in [-0.2, 0) is 37.1 Å². The van der Waals surface area contributed by atoms with Crippen LogP contribution >= 0.6 is 0 Å². The Morgan fingerprint density at radius 2 is 2.25 bits per heavy atom. The predicted octanol–water partition coefficient (Wildman–Crippen LogP) is 1.37. The predicted molar refractivity (Wildman–Crippen MR) is 68.5 cm³/mol. The summed E-state index contributed by atoms with van der Waals surface area (Å²) in [5.74, 6) is -1.27. The van der Waals surface area contributed by atoms with Crippen molar-refractivity contribution >= 4 is 17.7 Å². The van der Waals surface area contributed by atoms with E-state index in [1.165, 1.54) is 0 Å². The van der Waals surface area contributed by atoms with Gasteiger partial charge in [0.05, 0.1) is 0 Å². The third kappa shape index (κ3) is 3.76. The first-order valence-electron chi connectivity index (χ1n) is 6.20. The van der Waals surface area contributed by atoms with Crippen LogP contribution in [0.25, 0.3) is 5.32 Å². The third-order valence-corrected chi connectivity index (χ3v) is 3.02. The summed E-state index contributed by atoms with van der Waals surface area (Å²) in [6, 6.07) is 7.37. The number of nitrogens with one attached hydrogen (secondary N) is 1.